The fraction of sp³-hybridized carbons (Fsp3) is 0.250. The summed E-state index contributed by atoms with van der Waals surface area (Å²) in [7, 11) is 1.50. The number of rotatable bonds is 1. The van der Waals surface area contributed by atoms with Crippen LogP contribution in [0.4, 0.5) is 5.69 Å². The molecule has 0 saturated carbocycles. The summed E-state index contributed by atoms with van der Waals surface area (Å²) in [5.74, 6) is 0.573. The zero-order chi connectivity index (χ0) is 8.43. The van der Waals surface area contributed by atoms with Crippen molar-refractivity contribution in [1.29, 1.82) is 0 Å². The summed E-state index contributed by atoms with van der Waals surface area (Å²) in [6.07, 6.45) is 0. The van der Waals surface area contributed by atoms with E-state index in [-0.39, 0.29) is 5.75 Å². The second-order valence-electron chi connectivity index (χ2n) is 2.33. The van der Waals surface area contributed by atoms with Crippen molar-refractivity contribution in [2.24, 2.45) is 0 Å². The summed E-state index contributed by atoms with van der Waals surface area (Å²) in [4.78, 5) is 0. The molecule has 0 heterocycles. The molecule has 1 aromatic carbocycles. The van der Waals surface area contributed by atoms with Crippen LogP contribution in [0.5, 0.6) is 11.5 Å². The molecule has 0 fully saturated rings. The van der Waals surface area contributed by atoms with E-state index in [1.807, 2.05) is 0 Å². The number of methoxy groups -OCH3 is 1. The van der Waals surface area contributed by atoms with Gasteiger partial charge in [0.25, 0.3) is 0 Å². The van der Waals surface area contributed by atoms with Gasteiger partial charge in [-0.05, 0) is 19.1 Å². The molecule has 60 valence electrons. The normalized spacial score (nSPS) is 9.64. The van der Waals surface area contributed by atoms with Crippen LogP contribution in [0.2, 0.25) is 0 Å². The van der Waals surface area contributed by atoms with Crippen LogP contribution in [0.3, 0.4) is 0 Å². The maximum absolute atomic E-state index is 9.37. The van der Waals surface area contributed by atoms with Gasteiger partial charge in [-0.25, -0.2) is 0 Å². The Kier molecular flexibility index (Phi) is 1.89. The topological polar surface area (TPSA) is 55.5 Å². The van der Waals surface area contributed by atoms with Crippen LogP contribution in [-0.2, 0) is 0 Å². The van der Waals surface area contributed by atoms with Crippen LogP contribution < -0.4 is 10.5 Å². The number of ether oxygens (including phenoxy) is 1. The third-order valence-corrected chi connectivity index (χ3v) is 1.66. The second-order valence-corrected chi connectivity index (χ2v) is 2.33. The van der Waals surface area contributed by atoms with Gasteiger partial charge in [-0.3, -0.25) is 0 Å². The maximum Gasteiger partial charge on any atom is 0.162 e. The molecule has 1 rings (SSSR count). The van der Waals surface area contributed by atoms with Gasteiger partial charge in [0.2, 0.25) is 0 Å². The molecule has 0 aliphatic heterocycles. The number of nitrogen functional groups attached to an aromatic ring is 1. The van der Waals surface area contributed by atoms with Crippen LogP contribution in [-0.4, -0.2) is 12.2 Å². The zero-order valence-corrected chi connectivity index (χ0v) is 6.59. The third-order valence-electron chi connectivity index (χ3n) is 1.66. The quantitative estimate of drug-likeness (QED) is 0.598. The molecule has 3 heteroatoms. The predicted molar refractivity (Wildman–Crippen MR) is 43.8 cm³/mol. The van der Waals surface area contributed by atoms with Gasteiger partial charge in [-0.1, -0.05) is 0 Å². The van der Waals surface area contributed by atoms with Crippen molar-refractivity contribution in [2.45, 2.75) is 6.92 Å². The van der Waals surface area contributed by atoms with Gasteiger partial charge in [-0.15, -0.1) is 0 Å². The Morgan fingerprint density at radius 2 is 2.09 bits per heavy atom. The molecule has 0 atom stereocenters. The standard InChI is InChI=1S/C8H11NO2/c1-5-6(9)3-4-7(11-2)8(5)10/h3-4,10H,9H2,1-2H3. The molecular formula is C8H11NO2. The smallest absolute Gasteiger partial charge is 0.162 e. The number of benzene rings is 1. The average Bonchev–Trinajstić information content (AvgIpc) is 2.01. The third kappa shape index (κ3) is 1.22. The lowest BCUT2D eigenvalue weighted by atomic mass is 10.2. The first-order chi connectivity index (χ1) is 5.16. The molecule has 0 saturated heterocycles. The predicted octanol–water partition coefficient (Wildman–Crippen LogP) is 1.29. The lowest BCUT2D eigenvalue weighted by molar-refractivity contribution is 0.372. The molecule has 0 amide bonds. The summed E-state index contributed by atoms with van der Waals surface area (Å²) in [6, 6.07) is 3.34. The Balaban J connectivity index is 3.25. The zero-order valence-electron chi connectivity index (χ0n) is 6.59. The number of phenolic OH excluding ortho intramolecular Hbond substituents is 1. The van der Waals surface area contributed by atoms with Crippen molar-refractivity contribution < 1.29 is 9.84 Å². The first-order valence-corrected chi connectivity index (χ1v) is 3.29. The van der Waals surface area contributed by atoms with Crippen LogP contribution in [0.1, 0.15) is 5.56 Å². The van der Waals surface area contributed by atoms with Crippen molar-refractivity contribution in [3.8, 4) is 11.5 Å². The molecule has 11 heavy (non-hydrogen) atoms. The molecule has 0 spiro atoms. The molecule has 3 nitrogen and oxygen atoms in total. The molecule has 0 aliphatic rings. The van der Waals surface area contributed by atoms with E-state index < -0.39 is 0 Å². The number of nitrogens with two attached hydrogens (primary N) is 1. The van der Waals surface area contributed by atoms with E-state index in [9.17, 15) is 5.11 Å². The number of aromatic hydroxyl groups is 1. The Labute approximate surface area is 65.4 Å². The SMILES string of the molecule is COc1ccc(N)c(C)c1O. The highest BCUT2D eigenvalue weighted by molar-refractivity contribution is 5.58. The minimum atomic E-state index is 0.118. The number of phenols is 1. The van der Waals surface area contributed by atoms with Crippen LogP contribution >= 0.6 is 0 Å². The van der Waals surface area contributed by atoms with Crippen molar-refractivity contribution in [3.63, 3.8) is 0 Å². The summed E-state index contributed by atoms with van der Waals surface area (Å²) in [6.45, 7) is 1.74. The summed E-state index contributed by atoms with van der Waals surface area (Å²) in [5, 5.41) is 9.37. The highest BCUT2D eigenvalue weighted by Crippen LogP contribution is 2.32. The van der Waals surface area contributed by atoms with Gasteiger partial charge < -0.3 is 15.6 Å². The Morgan fingerprint density at radius 1 is 1.45 bits per heavy atom. The van der Waals surface area contributed by atoms with Crippen molar-refractivity contribution in [3.05, 3.63) is 17.7 Å². The fourth-order valence-corrected chi connectivity index (χ4v) is 0.856. The second kappa shape index (κ2) is 2.70. The van der Waals surface area contributed by atoms with Crippen molar-refractivity contribution in [2.75, 3.05) is 12.8 Å². The molecule has 0 aliphatic carbocycles. The van der Waals surface area contributed by atoms with E-state index in [1.54, 1.807) is 19.1 Å². The van der Waals surface area contributed by atoms with Crippen molar-refractivity contribution in [1.82, 2.24) is 0 Å². The van der Waals surface area contributed by atoms with E-state index >= 15 is 0 Å². The van der Waals surface area contributed by atoms with E-state index in [0.717, 1.165) is 0 Å². The maximum atomic E-state index is 9.37. The first kappa shape index (κ1) is 7.72. The van der Waals surface area contributed by atoms with E-state index in [2.05, 4.69) is 0 Å². The molecular weight excluding hydrogens is 142 g/mol. The van der Waals surface area contributed by atoms with Crippen LogP contribution in [0, 0.1) is 6.92 Å². The average molecular weight is 153 g/mol. The number of anilines is 1. The van der Waals surface area contributed by atoms with Gasteiger partial charge in [0.1, 0.15) is 0 Å². The highest BCUT2D eigenvalue weighted by Gasteiger charge is 2.05. The molecule has 0 radical (unpaired) electrons. The minimum Gasteiger partial charge on any atom is -0.504 e. The van der Waals surface area contributed by atoms with Gasteiger partial charge in [0, 0.05) is 11.3 Å². The molecule has 0 unspecified atom stereocenters. The van der Waals surface area contributed by atoms with Gasteiger partial charge >= 0.3 is 0 Å². The van der Waals surface area contributed by atoms with E-state index in [0.29, 0.717) is 17.0 Å². The van der Waals surface area contributed by atoms with Crippen LogP contribution in [0.25, 0.3) is 0 Å². The minimum absolute atomic E-state index is 0.118. The van der Waals surface area contributed by atoms with Crippen LogP contribution in [0.15, 0.2) is 12.1 Å². The lowest BCUT2D eigenvalue weighted by Gasteiger charge is -2.07. The summed E-state index contributed by atoms with van der Waals surface area (Å²) < 4.78 is 4.88. The lowest BCUT2D eigenvalue weighted by Crippen LogP contribution is -1.91. The Hall–Kier alpha value is -1.38. The molecule has 1 aromatic rings. The number of hydrogen-bond acceptors (Lipinski definition) is 3. The fourth-order valence-electron chi connectivity index (χ4n) is 0.856. The number of hydrogen-bond donors (Lipinski definition) is 2. The molecule has 3 N–H and O–H groups in total. The highest BCUT2D eigenvalue weighted by atomic mass is 16.5. The van der Waals surface area contributed by atoms with E-state index in [1.165, 1.54) is 7.11 Å². The van der Waals surface area contributed by atoms with Gasteiger partial charge in [0.05, 0.1) is 7.11 Å². The summed E-state index contributed by atoms with van der Waals surface area (Å²) in [5.41, 5.74) is 6.76. The summed E-state index contributed by atoms with van der Waals surface area (Å²) >= 11 is 0. The monoisotopic (exact) mass is 153 g/mol. The largest absolute Gasteiger partial charge is 0.504 e. The van der Waals surface area contributed by atoms with E-state index in [4.69, 9.17) is 10.5 Å². The first-order valence-electron chi connectivity index (χ1n) is 3.29. The Morgan fingerprint density at radius 3 is 2.64 bits per heavy atom. The Bertz CT molecular complexity index is 271. The molecule has 0 bridgehead atoms. The van der Waals surface area contributed by atoms with Gasteiger partial charge in [0.15, 0.2) is 11.5 Å². The van der Waals surface area contributed by atoms with Crippen molar-refractivity contribution >= 4 is 5.69 Å². The van der Waals surface area contributed by atoms with Gasteiger partial charge in [-0.2, -0.15) is 0 Å². The molecule has 0 aromatic heterocycles.